The first-order chi connectivity index (χ1) is 13.7. The summed E-state index contributed by atoms with van der Waals surface area (Å²) in [6.07, 6.45) is 1.82. The van der Waals surface area contributed by atoms with E-state index >= 15 is 0 Å². The van der Waals surface area contributed by atoms with Crippen LogP contribution in [0.4, 0.5) is 4.79 Å². The van der Waals surface area contributed by atoms with Crippen LogP contribution in [0.15, 0.2) is 54.6 Å². The van der Waals surface area contributed by atoms with Crippen molar-refractivity contribution in [3.05, 3.63) is 71.3 Å². The third kappa shape index (κ3) is 5.81. The molecule has 2 aromatic carbocycles. The number of benzene rings is 2. The van der Waals surface area contributed by atoms with Crippen LogP contribution < -0.4 is 10.6 Å². The molecule has 1 fully saturated rings. The van der Waals surface area contributed by atoms with Gasteiger partial charge in [-0.1, -0.05) is 54.6 Å². The number of hydrogen-bond donors (Lipinski definition) is 2. The number of rotatable bonds is 7. The summed E-state index contributed by atoms with van der Waals surface area (Å²) in [6, 6.07) is 18.6. The number of ether oxygens (including phenoxy) is 1. The van der Waals surface area contributed by atoms with E-state index in [1.807, 2.05) is 30.3 Å². The molecule has 0 saturated carbocycles. The van der Waals surface area contributed by atoms with Gasteiger partial charge in [0.05, 0.1) is 6.10 Å². The number of piperidine rings is 1. The Bertz CT molecular complexity index is 743. The first kappa shape index (κ1) is 20.4. The molecule has 0 bridgehead atoms. The second-order valence-corrected chi connectivity index (χ2v) is 7.47. The van der Waals surface area contributed by atoms with Gasteiger partial charge in [0.15, 0.2) is 0 Å². The molecule has 1 aliphatic rings. The number of likely N-dealkylation sites (tertiary alicyclic amines) is 1. The van der Waals surface area contributed by atoms with Crippen LogP contribution in [0, 0.1) is 6.92 Å². The molecule has 5 heteroatoms. The summed E-state index contributed by atoms with van der Waals surface area (Å²) in [4.78, 5) is 14.8. The van der Waals surface area contributed by atoms with Crippen LogP contribution in [0.2, 0.25) is 0 Å². The minimum absolute atomic E-state index is 0.115. The molecular weight excluding hydrogens is 350 g/mol. The Labute approximate surface area is 168 Å². The monoisotopic (exact) mass is 381 g/mol. The molecule has 1 heterocycles. The van der Waals surface area contributed by atoms with Crippen molar-refractivity contribution >= 4 is 6.03 Å². The SMILES string of the molecule is CO[C@@H](CNC(=O)NC1CCN(Cc2ccccc2C)CC1)c1ccccc1. The lowest BCUT2D eigenvalue weighted by Crippen LogP contribution is -2.48. The Morgan fingerprint density at radius 2 is 1.79 bits per heavy atom. The van der Waals surface area contributed by atoms with Gasteiger partial charge < -0.3 is 15.4 Å². The van der Waals surface area contributed by atoms with E-state index in [4.69, 9.17) is 4.74 Å². The minimum atomic E-state index is -0.136. The number of nitrogens with zero attached hydrogens (tertiary/aromatic N) is 1. The molecule has 2 amide bonds. The van der Waals surface area contributed by atoms with E-state index in [1.165, 1.54) is 11.1 Å². The highest BCUT2D eigenvalue weighted by Crippen LogP contribution is 2.17. The van der Waals surface area contributed by atoms with Crippen molar-refractivity contribution in [2.75, 3.05) is 26.7 Å². The van der Waals surface area contributed by atoms with Gasteiger partial charge in [-0.2, -0.15) is 0 Å². The third-order valence-corrected chi connectivity index (χ3v) is 5.48. The summed E-state index contributed by atoms with van der Waals surface area (Å²) in [5, 5.41) is 6.06. The van der Waals surface area contributed by atoms with Crippen LogP contribution >= 0.6 is 0 Å². The van der Waals surface area contributed by atoms with Crippen molar-refractivity contribution in [1.29, 1.82) is 0 Å². The molecule has 1 atom stereocenters. The van der Waals surface area contributed by atoms with Gasteiger partial charge in [0.1, 0.15) is 0 Å². The number of urea groups is 1. The lowest BCUT2D eigenvalue weighted by molar-refractivity contribution is 0.103. The van der Waals surface area contributed by atoms with Crippen molar-refractivity contribution in [2.45, 2.75) is 38.5 Å². The molecule has 0 spiro atoms. The van der Waals surface area contributed by atoms with Crippen molar-refractivity contribution in [2.24, 2.45) is 0 Å². The van der Waals surface area contributed by atoms with Crippen molar-refractivity contribution in [1.82, 2.24) is 15.5 Å². The predicted octanol–water partition coefficient (Wildman–Crippen LogP) is 3.65. The number of aryl methyl sites for hydroxylation is 1. The predicted molar refractivity (Wildman–Crippen MR) is 112 cm³/mol. The summed E-state index contributed by atoms with van der Waals surface area (Å²) < 4.78 is 5.51. The molecule has 0 unspecified atom stereocenters. The largest absolute Gasteiger partial charge is 0.375 e. The van der Waals surface area contributed by atoms with E-state index in [1.54, 1.807) is 7.11 Å². The van der Waals surface area contributed by atoms with Crippen LogP contribution in [0.25, 0.3) is 0 Å². The fourth-order valence-corrected chi connectivity index (χ4v) is 3.69. The van der Waals surface area contributed by atoms with Gasteiger partial charge in [0.25, 0.3) is 0 Å². The van der Waals surface area contributed by atoms with Gasteiger partial charge in [0.2, 0.25) is 0 Å². The summed E-state index contributed by atoms with van der Waals surface area (Å²) in [6.45, 7) is 5.61. The molecule has 2 aromatic rings. The number of nitrogens with one attached hydrogen (secondary N) is 2. The summed E-state index contributed by atoms with van der Waals surface area (Å²) in [5.74, 6) is 0. The second kappa shape index (κ2) is 10.2. The van der Waals surface area contributed by atoms with Crippen LogP contribution in [-0.4, -0.2) is 43.7 Å². The Kier molecular flexibility index (Phi) is 7.46. The smallest absolute Gasteiger partial charge is 0.315 e. The Morgan fingerprint density at radius 1 is 1.11 bits per heavy atom. The van der Waals surface area contributed by atoms with Crippen LogP contribution in [0.1, 0.15) is 35.6 Å². The Morgan fingerprint density at radius 3 is 2.46 bits per heavy atom. The lowest BCUT2D eigenvalue weighted by atomic mass is 10.0. The van der Waals surface area contributed by atoms with Crippen LogP contribution in [0.5, 0.6) is 0 Å². The number of hydrogen-bond acceptors (Lipinski definition) is 3. The maximum absolute atomic E-state index is 12.3. The van der Waals surface area contributed by atoms with Crippen LogP contribution in [0.3, 0.4) is 0 Å². The zero-order valence-corrected chi connectivity index (χ0v) is 16.9. The number of amides is 2. The fourth-order valence-electron chi connectivity index (χ4n) is 3.69. The van der Waals surface area contributed by atoms with E-state index in [9.17, 15) is 4.79 Å². The first-order valence-corrected chi connectivity index (χ1v) is 10.0. The van der Waals surface area contributed by atoms with E-state index in [-0.39, 0.29) is 18.2 Å². The van der Waals surface area contributed by atoms with Crippen LogP contribution in [-0.2, 0) is 11.3 Å². The molecule has 28 heavy (non-hydrogen) atoms. The quantitative estimate of drug-likeness (QED) is 0.770. The van der Waals surface area contributed by atoms with E-state index in [0.29, 0.717) is 6.54 Å². The molecule has 5 nitrogen and oxygen atoms in total. The Balaban J connectivity index is 1.39. The minimum Gasteiger partial charge on any atom is -0.375 e. The zero-order chi connectivity index (χ0) is 19.8. The maximum Gasteiger partial charge on any atom is 0.315 e. The van der Waals surface area contributed by atoms with Crippen molar-refractivity contribution in [3.63, 3.8) is 0 Å². The maximum atomic E-state index is 12.3. The molecule has 0 aliphatic carbocycles. The molecule has 0 aromatic heterocycles. The highest BCUT2D eigenvalue weighted by Gasteiger charge is 2.21. The van der Waals surface area contributed by atoms with Gasteiger partial charge in [-0.05, 0) is 36.5 Å². The van der Waals surface area contributed by atoms with Crippen molar-refractivity contribution in [3.8, 4) is 0 Å². The van der Waals surface area contributed by atoms with E-state index in [2.05, 4.69) is 46.7 Å². The summed E-state index contributed by atoms with van der Waals surface area (Å²) in [7, 11) is 1.67. The topological polar surface area (TPSA) is 53.6 Å². The molecule has 3 rings (SSSR count). The molecular formula is C23H31N3O2. The number of methoxy groups -OCH3 is 1. The second-order valence-electron chi connectivity index (χ2n) is 7.47. The summed E-state index contributed by atoms with van der Waals surface area (Å²) in [5.41, 5.74) is 3.79. The fraction of sp³-hybridized carbons (Fsp3) is 0.435. The Hall–Kier alpha value is -2.37. The lowest BCUT2D eigenvalue weighted by Gasteiger charge is -2.32. The highest BCUT2D eigenvalue weighted by atomic mass is 16.5. The van der Waals surface area contributed by atoms with Gasteiger partial charge in [-0.3, -0.25) is 4.90 Å². The standard InChI is InChI=1S/C23H31N3O2/c1-18-8-6-7-11-20(18)17-26-14-12-21(13-15-26)25-23(27)24-16-22(28-2)19-9-4-3-5-10-19/h3-11,21-22H,12-17H2,1-2H3,(H2,24,25,27)/t22-/m0/s1. The average Bonchev–Trinajstić information content (AvgIpc) is 2.72. The number of carbonyl (C=O) groups excluding carboxylic acids is 1. The van der Waals surface area contributed by atoms with E-state index in [0.717, 1.165) is 38.0 Å². The molecule has 1 saturated heterocycles. The van der Waals surface area contributed by atoms with E-state index < -0.39 is 0 Å². The number of carbonyl (C=O) groups is 1. The highest BCUT2D eigenvalue weighted by molar-refractivity contribution is 5.74. The molecule has 150 valence electrons. The zero-order valence-electron chi connectivity index (χ0n) is 16.9. The van der Waals surface area contributed by atoms with Crippen molar-refractivity contribution < 1.29 is 9.53 Å². The molecule has 0 radical (unpaired) electrons. The van der Waals surface area contributed by atoms with Gasteiger partial charge in [0, 0.05) is 39.3 Å². The molecule has 1 aliphatic heterocycles. The van der Waals surface area contributed by atoms with Gasteiger partial charge >= 0.3 is 6.03 Å². The average molecular weight is 382 g/mol. The first-order valence-electron chi connectivity index (χ1n) is 10.0. The third-order valence-electron chi connectivity index (χ3n) is 5.48. The normalized spacial score (nSPS) is 16.5. The summed E-state index contributed by atoms with van der Waals surface area (Å²) >= 11 is 0. The van der Waals surface area contributed by atoms with Gasteiger partial charge in [-0.25, -0.2) is 4.79 Å². The molecule has 2 N–H and O–H groups in total. The van der Waals surface area contributed by atoms with Gasteiger partial charge in [-0.15, -0.1) is 0 Å².